The molecule has 16 heavy (non-hydrogen) atoms. The van der Waals surface area contributed by atoms with Crippen LogP contribution in [0.2, 0.25) is 0 Å². The molecule has 4 nitrogen and oxygen atoms in total. The maximum Gasteiger partial charge on any atom is 0.230 e. The summed E-state index contributed by atoms with van der Waals surface area (Å²) in [5.41, 5.74) is 0. The zero-order chi connectivity index (χ0) is 11.5. The SMILES string of the molecule is COc1nc(N(C)C)sc1CNC1CCC1. The first-order valence-electron chi connectivity index (χ1n) is 5.65. The molecule has 0 bridgehead atoms. The van der Waals surface area contributed by atoms with Gasteiger partial charge in [-0.2, -0.15) is 4.98 Å². The van der Waals surface area contributed by atoms with E-state index in [1.807, 2.05) is 19.0 Å². The van der Waals surface area contributed by atoms with Gasteiger partial charge in [-0.05, 0) is 12.8 Å². The lowest BCUT2D eigenvalue weighted by Gasteiger charge is -2.26. The Labute approximate surface area is 101 Å². The lowest BCUT2D eigenvalue weighted by atomic mass is 9.93. The van der Waals surface area contributed by atoms with Crippen molar-refractivity contribution >= 4 is 16.5 Å². The van der Waals surface area contributed by atoms with Crippen LogP contribution in [0.25, 0.3) is 0 Å². The third kappa shape index (κ3) is 2.47. The van der Waals surface area contributed by atoms with Gasteiger partial charge in [-0.15, -0.1) is 0 Å². The fourth-order valence-corrected chi connectivity index (χ4v) is 2.54. The van der Waals surface area contributed by atoms with Crippen molar-refractivity contribution in [3.8, 4) is 5.88 Å². The Morgan fingerprint density at radius 2 is 2.25 bits per heavy atom. The summed E-state index contributed by atoms with van der Waals surface area (Å²) in [6.45, 7) is 0.874. The number of rotatable bonds is 5. The third-order valence-corrected chi connectivity index (χ3v) is 4.09. The van der Waals surface area contributed by atoms with Crippen LogP contribution in [0.1, 0.15) is 24.1 Å². The molecule has 1 saturated carbocycles. The zero-order valence-corrected chi connectivity index (χ0v) is 10.9. The molecule has 2 rings (SSSR count). The van der Waals surface area contributed by atoms with Crippen LogP contribution >= 0.6 is 11.3 Å². The van der Waals surface area contributed by atoms with E-state index in [1.54, 1.807) is 18.4 Å². The van der Waals surface area contributed by atoms with Gasteiger partial charge in [0, 0.05) is 26.7 Å². The van der Waals surface area contributed by atoms with Gasteiger partial charge in [0.2, 0.25) is 5.88 Å². The van der Waals surface area contributed by atoms with E-state index in [4.69, 9.17) is 4.74 Å². The molecule has 1 aliphatic rings. The summed E-state index contributed by atoms with van der Waals surface area (Å²) in [5, 5.41) is 4.54. The molecule has 1 fully saturated rings. The molecule has 0 aromatic carbocycles. The first-order chi connectivity index (χ1) is 7.70. The quantitative estimate of drug-likeness (QED) is 0.854. The second-order valence-corrected chi connectivity index (χ2v) is 5.39. The molecule has 1 N–H and O–H groups in total. The van der Waals surface area contributed by atoms with Crippen LogP contribution in [0.15, 0.2) is 0 Å². The van der Waals surface area contributed by atoms with E-state index in [9.17, 15) is 0 Å². The second kappa shape index (κ2) is 5.01. The average molecular weight is 241 g/mol. The fourth-order valence-electron chi connectivity index (χ4n) is 1.64. The van der Waals surface area contributed by atoms with Gasteiger partial charge in [0.05, 0.1) is 12.0 Å². The Morgan fingerprint density at radius 1 is 1.50 bits per heavy atom. The summed E-state index contributed by atoms with van der Waals surface area (Å²) < 4.78 is 5.29. The van der Waals surface area contributed by atoms with E-state index in [2.05, 4.69) is 10.3 Å². The minimum absolute atomic E-state index is 0.703. The summed E-state index contributed by atoms with van der Waals surface area (Å²) >= 11 is 1.70. The number of hydrogen-bond acceptors (Lipinski definition) is 5. The number of thiazole rings is 1. The van der Waals surface area contributed by atoms with Crippen molar-refractivity contribution in [3.63, 3.8) is 0 Å². The monoisotopic (exact) mass is 241 g/mol. The number of nitrogens with zero attached hydrogens (tertiary/aromatic N) is 2. The largest absolute Gasteiger partial charge is 0.480 e. The van der Waals surface area contributed by atoms with Crippen LogP contribution in [0.4, 0.5) is 5.13 Å². The van der Waals surface area contributed by atoms with Crippen molar-refractivity contribution in [2.24, 2.45) is 0 Å². The summed E-state index contributed by atoms with van der Waals surface area (Å²) in [4.78, 5) is 7.64. The van der Waals surface area contributed by atoms with Gasteiger partial charge in [-0.1, -0.05) is 17.8 Å². The minimum Gasteiger partial charge on any atom is -0.480 e. The lowest BCUT2D eigenvalue weighted by Crippen LogP contribution is -2.34. The molecule has 5 heteroatoms. The summed E-state index contributed by atoms with van der Waals surface area (Å²) in [6.07, 6.45) is 3.98. The Kier molecular flexibility index (Phi) is 3.66. The Bertz CT molecular complexity index is 347. The Hall–Kier alpha value is -0.810. The summed E-state index contributed by atoms with van der Waals surface area (Å²) in [6, 6.07) is 0.703. The molecule has 1 aliphatic carbocycles. The molecule has 0 saturated heterocycles. The van der Waals surface area contributed by atoms with Gasteiger partial charge < -0.3 is 15.0 Å². The maximum atomic E-state index is 5.29. The standard InChI is InChI=1S/C11H19N3OS/c1-14(2)11-13-10(15-3)9(16-11)7-12-8-5-4-6-8/h8,12H,4-7H2,1-3H3. The van der Waals surface area contributed by atoms with Crippen LogP contribution in [0.3, 0.4) is 0 Å². The fraction of sp³-hybridized carbons (Fsp3) is 0.727. The van der Waals surface area contributed by atoms with Crippen LogP contribution in [0, 0.1) is 0 Å². The van der Waals surface area contributed by atoms with Crippen molar-refractivity contribution in [1.82, 2.24) is 10.3 Å². The van der Waals surface area contributed by atoms with Crippen LogP contribution < -0.4 is 15.0 Å². The molecule has 90 valence electrons. The zero-order valence-electron chi connectivity index (χ0n) is 10.1. The van der Waals surface area contributed by atoms with Crippen molar-refractivity contribution in [2.75, 3.05) is 26.1 Å². The molecular formula is C11H19N3OS. The van der Waals surface area contributed by atoms with E-state index in [0.717, 1.165) is 17.6 Å². The van der Waals surface area contributed by atoms with E-state index in [0.29, 0.717) is 6.04 Å². The van der Waals surface area contributed by atoms with Gasteiger partial charge in [-0.3, -0.25) is 0 Å². The molecule has 1 heterocycles. The van der Waals surface area contributed by atoms with E-state index < -0.39 is 0 Å². The van der Waals surface area contributed by atoms with Crippen molar-refractivity contribution in [3.05, 3.63) is 4.88 Å². The maximum absolute atomic E-state index is 5.29. The smallest absolute Gasteiger partial charge is 0.230 e. The van der Waals surface area contributed by atoms with Crippen LogP contribution in [0.5, 0.6) is 5.88 Å². The molecule has 0 spiro atoms. The Morgan fingerprint density at radius 3 is 2.75 bits per heavy atom. The number of ether oxygens (including phenoxy) is 1. The number of methoxy groups -OCH3 is 1. The van der Waals surface area contributed by atoms with E-state index in [1.165, 1.54) is 24.1 Å². The number of anilines is 1. The average Bonchev–Trinajstić information content (AvgIpc) is 2.59. The van der Waals surface area contributed by atoms with Crippen molar-refractivity contribution < 1.29 is 4.74 Å². The number of aromatic nitrogens is 1. The molecule has 1 aromatic rings. The van der Waals surface area contributed by atoms with Gasteiger partial charge >= 0.3 is 0 Å². The normalized spacial score (nSPS) is 15.9. The third-order valence-electron chi connectivity index (χ3n) is 2.88. The molecular weight excluding hydrogens is 222 g/mol. The lowest BCUT2D eigenvalue weighted by molar-refractivity contribution is 0.334. The highest BCUT2D eigenvalue weighted by atomic mass is 32.1. The van der Waals surface area contributed by atoms with Gasteiger partial charge in [0.25, 0.3) is 0 Å². The minimum atomic E-state index is 0.703. The van der Waals surface area contributed by atoms with Crippen LogP contribution in [-0.2, 0) is 6.54 Å². The molecule has 1 aromatic heterocycles. The molecule has 0 unspecified atom stereocenters. The number of nitrogens with one attached hydrogen (secondary N) is 1. The molecule has 0 atom stereocenters. The molecule has 0 radical (unpaired) electrons. The number of hydrogen-bond donors (Lipinski definition) is 1. The summed E-state index contributed by atoms with van der Waals surface area (Å²) in [7, 11) is 5.68. The highest BCUT2D eigenvalue weighted by Crippen LogP contribution is 2.30. The topological polar surface area (TPSA) is 37.4 Å². The highest BCUT2D eigenvalue weighted by molar-refractivity contribution is 7.15. The van der Waals surface area contributed by atoms with Crippen molar-refractivity contribution in [2.45, 2.75) is 31.8 Å². The van der Waals surface area contributed by atoms with Gasteiger partial charge in [0.1, 0.15) is 0 Å². The molecule has 0 amide bonds. The highest BCUT2D eigenvalue weighted by Gasteiger charge is 2.19. The molecule has 0 aliphatic heterocycles. The van der Waals surface area contributed by atoms with Crippen LogP contribution in [-0.4, -0.2) is 32.2 Å². The predicted octanol–water partition coefficient (Wildman–Crippen LogP) is 1.86. The van der Waals surface area contributed by atoms with E-state index in [-0.39, 0.29) is 0 Å². The van der Waals surface area contributed by atoms with Gasteiger partial charge in [0.15, 0.2) is 5.13 Å². The Balaban J connectivity index is 1.99. The first kappa shape index (κ1) is 11.7. The van der Waals surface area contributed by atoms with Gasteiger partial charge in [-0.25, -0.2) is 0 Å². The summed E-state index contributed by atoms with van der Waals surface area (Å²) in [5.74, 6) is 0.764. The second-order valence-electron chi connectivity index (χ2n) is 4.33. The first-order valence-corrected chi connectivity index (χ1v) is 6.46. The predicted molar refractivity (Wildman–Crippen MR) is 67.5 cm³/mol. The van der Waals surface area contributed by atoms with Crippen molar-refractivity contribution in [1.29, 1.82) is 0 Å². The van der Waals surface area contributed by atoms with E-state index >= 15 is 0 Å².